The molecule has 58 valence electrons. The first kappa shape index (κ1) is 7.34. The van der Waals surface area contributed by atoms with Crippen molar-refractivity contribution in [2.24, 2.45) is 0 Å². The highest BCUT2D eigenvalue weighted by molar-refractivity contribution is 14.1. The Balaban J connectivity index is 2.44. The van der Waals surface area contributed by atoms with Crippen LogP contribution in [-0.4, -0.2) is 11.5 Å². The number of rotatable bonds is 0. The summed E-state index contributed by atoms with van der Waals surface area (Å²) < 4.78 is 2.24. The molecule has 3 heteroatoms. The standard InChI is InChI=1S/C8H9IN2/c9-11-5-1-2-7-3-4-10-6-8(7)11/h3-4,6H,1-2,5H2. The number of hydrogen-bond acceptors (Lipinski definition) is 2. The second kappa shape index (κ2) is 2.97. The van der Waals surface area contributed by atoms with E-state index >= 15 is 0 Å². The first-order valence-corrected chi connectivity index (χ1v) is 4.70. The van der Waals surface area contributed by atoms with E-state index in [4.69, 9.17) is 0 Å². The number of hydrogen-bond donors (Lipinski definition) is 0. The summed E-state index contributed by atoms with van der Waals surface area (Å²) in [7, 11) is 0. The lowest BCUT2D eigenvalue weighted by Crippen LogP contribution is -2.18. The van der Waals surface area contributed by atoms with E-state index in [2.05, 4.69) is 37.0 Å². The third-order valence-electron chi connectivity index (χ3n) is 1.95. The molecule has 0 saturated carbocycles. The number of anilines is 1. The summed E-state index contributed by atoms with van der Waals surface area (Å²) >= 11 is 2.34. The Hall–Kier alpha value is -0.320. The van der Waals surface area contributed by atoms with Crippen LogP contribution in [0, 0.1) is 0 Å². The molecule has 0 unspecified atom stereocenters. The van der Waals surface area contributed by atoms with Crippen molar-refractivity contribution in [3.8, 4) is 0 Å². The van der Waals surface area contributed by atoms with Crippen molar-refractivity contribution in [3.05, 3.63) is 24.0 Å². The molecule has 0 amide bonds. The zero-order valence-electron chi connectivity index (χ0n) is 6.13. The second-order valence-corrected chi connectivity index (χ2v) is 3.86. The number of aromatic nitrogens is 1. The fraction of sp³-hybridized carbons (Fsp3) is 0.375. The molecule has 0 radical (unpaired) electrons. The smallest absolute Gasteiger partial charge is 0.0672 e. The Kier molecular flexibility index (Phi) is 1.98. The van der Waals surface area contributed by atoms with Crippen LogP contribution >= 0.6 is 22.9 Å². The first-order valence-electron chi connectivity index (χ1n) is 3.74. The summed E-state index contributed by atoms with van der Waals surface area (Å²) in [6, 6.07) is 2.11. The van der Waals surface area contributed by atoms with Crippen LogP contribution in [0.2, 0.25) is 0 Å². The summed E-state index contributed by atoms with van der Waals surface area (Å²) in [5, 5.41) is 0. The van der Waals surface area contributed by atoms with Crippen molar-refractivity contribution in [1.82, 2.24) is 4.98 Å². The van der Waals surface area contributed by atoms with Crippen LogP contribution in [-0.2, 0) is 6.42 Å². The number of fused-ring (bicyclic) bond motifs is 1. The van der Waals surface area contributed by atoms with Gasteiger partial charge in [0.05, 0.1) is 34.7 Å². The van der Waals surface area contributed by atoms with Gasteiger partial charge < -0.3 is 3.11 Å². The average Bonchev–Trinajstić information content (AvgIpc) is 2.06. The number of aryl methyl sites for hydroxylation is 1. The Morgan fingerprint density at radius 1 is 1.55 bits per heavy atom. The maximum atomic E-state index is 4.10. The largest absolute Gasteiger partial charge is 0.313 e. The molecule has 0 fully saturated rings. The van der Waals surface area contributed by atoms with E-state index < -0.39 is 0 Å². The third kappa shape index (κ3) is 1.34. The van der Waals surface area contributed by atoms with Gasteiger partial charge in [0.2, 0.25) is 0 Å². The molecule has 1 aliphatic rings. The summed E-state index contributed by atoms with van der Waals surface area (Å²) in [5.74, 6) is 0. The van der Waals surface area contributed by atoms with Gasteiger partial charge in [-0.15, -0.1) is 0 Å². The molecule has 2 heterocycles. The van der Waals surface area contributed by atoms with Crippen LogP contribution in [0.3, 0.4) is 0 Å². The maximum Gasteiger partial charge on any atom is 0.0672 e. The Morgan fingerprint density at radius 2 is 2.45 bits per heavy atom. The minimum absolute atomic E-state index is 1.15. The summed E-state index contributed by atoms with van der Waals surface area (Å²) in [5.41, 5.74) is 2.72. The van der Waals surface area contributed by atoms with E-state index in [1.165, 1.54) is 24.1 Å². The molecule has 0 spiro atoms. The molecule has 1 aromatic heterocycles. The number of halogens is 1. The third-order valence-corrected chi connectivity index (χ3v) is 2.95. The first-order chi connectivity index (χ1) is 5.38. The lowest BCUT2D eigenvalue weighted by molar-refractivity contribution is 0.802. The van der Waals surface area contributed by atoms with E-state index in [0.29, 0.717) is 0 Å². The molecule has 1 aromatic rings. The van der Waals surface area contributed by atoms with Crippen molar-refractivity contribution >= 4 is 28.6 Å². The molecule has 0 saturated heterocycles. The minimum Gasteiger partial charge on any atom is -0.313 e. The quantitative estimate of drug-likeness (QED) is 0.525. The van der Waals surface area contributed by atoms with Gasteiger partial charge in [0, 0.05) is 12.7 Å². The highest BCUT2D eigenvalue weighted by Gasteiger charge is 2.13. The lowest BCUT2D eigenvalue weighted by atomic mass is 10.1. The van der Waals surface area contributed by atoms with Gasteiger partial charge in [0.1, 0.15) is 0 Å². The Morgan fingerprint density at radius 3 is 3.27 bits per heavy atom. The molecule has 0 atom stereocenters. The molecule has 0 aromatic carbocycles. The highest BCUT2D eigenvalue weighted by Crippen LogP contribution is 2.27. The molecule has 2 nitrogen and oxygen atoms in total. The molecule has 0 aliphatic carbocycles. The average molecular weight is 260 g/mol. The monoisotopic (exact) mass is 260 g/mol. The predicted octanol–water partition coefficient (Wildman–Crippen LogP) is 2.18. The molecule has 0 N–H and O–H groups in total. The van der Waals surface area contributed by atoms with Crippen LogP contribution in [0.15, 0.2) is 18.5 Å². The van der Waals surface area contributed by atoms with Gasteiger partial charge in [0.25, 0.3) is 0 Å². The Bertz CT molecular complexity index is 262. The van der Waals surface area contributed by atoms with E-state index in [-0.39, 0.29) is 0 Å². The van der Waals surface area contributed by atoms with Crippen LogP contribution in [0.1, 0.15) is 12.0 Å². The SMILES string of the molecule is IN1CCCc2ccncc21. The summed E-state index contributed by atoms with van der Waals surface area (Å²) in [6.45, 7) is 1.15. The zero-order chi connectivity index (χ0) is 7.68. The summed E-state index contributed by atoms with van der Waals surface area (Å²) in [4.78, 5) is 4.10. The van der Waals surface area contributed by atoms with Gasteiger partial charge in [-0.25, -0.2) is 0 Å². The van der Waals surface area contributed by atoms with Crippen molar-refractivity contribution in [2.45, 2.75) is 12.8 Å². The van der Waals surface area contributed by atoms with E-state index in [9.17, 15) is 0 Å². The van der Waals surface area contributed by atoms with Crippen LogP contribution in [0.5, 0.6) is 0 Å². The molecular formula is C8H9IN2. The van der Waals surface area contributed by atoms with Gasteiger partial charge in [0.15, 0.2) is 0 Å². The fourth-order valence-corrected chi connectivity index (χ4v) is 2.15. The lowest BCUT2D eigenvalue weighted by Gasteiger charge is -2.24. The highest BCUT2D eigenvalue weighted by atomic mass is 127. The van der Waals surface area contributed by atoms with Gasteiger partial charge in [-0.05, 0) is 24.5 Å². The Labute approximate surface area is 80.1 Å². The zero-order valence-corrected chi connectivity index (χ0v) is 8.28. The van der Waals surface area contributed by atoms with Gasteiger partial charge in [-0.3, -0.25) is 4.98 Å². The van der Waals surface area contributed by atoms with Gasteiger partial charge in [-0.2, -0.15) is 0 Å². The molecule has 11 heavy (non-hydrogen) atoms. The van der Waals surface area contributed by atoms with Crippen molar-refractivity contribution < 1.29 is 0 Å². The van der Waals surface area contributed by atoms with Crippen LogP contribution in [0.4, 0.5) is 5.69 Å². The molecular weight excluding hydrogens is 251 g/mol. The molecule has 2 rings (SSSR count). The minimum atomic E-state index is 1.15. The predicted molar refractivity (Wildman–Crippen MR) is 53.9 cm³/mol. The number of nitrogens with zero attached hydrogens (tertiary/aromatic N) is 2. The second-order valence-electron chi connectivity index (χ2n) is 2.69. The van der Waals surface area contributed by atoms with Gasteiger partial charge in [-0.1, -0.05) is 0 Å². The van der Waals surface area contributed by atoms with Gasteiger partial charge >= 0.3 is 0 Å². The van der Waals surface area contributed by atoms with Crippen molar-refractivity contribution in [3.63, 3.8) is 0 Å². The van der Waals surface area contributed by atoms with Crippen molar-refractivity contribution in [2.75, 3.05) is 9.66 Å². The normalized spacial score (nSPS) is 16.3. The summed E-state index contributed by atoms with van der Waals surface area (Å²) in [6.07, 6.45) is 6.28. The van der Waals surface area contributed by atoms with E-state index in [0.717, 1.165) is 6.54 Å². The van der Waals surface area contributed by atoms with E-state index in [1.807, 2.05) is 12.4 Å². The van der Waals surface area contributed by atoms with E-state index in [1.54, 1.807) is 0 Å². The topological polar surface area (TPSA) is 16.1 Å². The molecule has 0 bridgehead atoms. The van der Waals surface area contributed by atoms with Crippen molar-refractivity contribution in [1.29, 1.82) is 0 Å². The maximum absolute atomic E-state index is 4.10. The fourth-order valence-electron chi connectivity index (χ4n) is 1.37. The van der Waals surface area contributed by atoms with Crippen LogP contribution in [0.25, 0.3) is 0 Å². The molecule has 1 aliphatic heterocycles. The van der Waals surface area contributed by atoms with Crippen LogP contribution < -0.4 is 3.11 Å². The number of pyridine rings is 1.